The second-order valence-corrected chi connectivity index (χ2v) is 7.22. The Balaban J connectivity index is 2.04. The standard InChI is InChI=1S/C18H18N2O3S/c1-13-9-10-17(14(2)11-13)20-18(12-15(3)19-20)23-24(21,22)16-7-5-4-6-8-16/h4-12H,1-3H3. The fraction of sp³-hybridized carbons (Fsp3) is 0.167. The van der Waals surface area contributed by atoms with Crippen molar-refractivity contribution in [3.63, 3.8) is 0 Å². The van der Waals surface area contributed by atoms with Gasteiger partial charge in [0, 0.05) is 6.07 Å². The van der Waals surface area contributed by atoms with Gasteiger partial charge in [0.2, 0.25) is 5.88 Å². The maximum absolute atomic E-state index is 12.5. The van der Waals surface area contributed by atoms with Gasteiger partial charge in [-0.15, -0.1) is 0 Å². The lowest BCUT2D eigenvalue weighted by atomic mass is 10.1. The molecule has 0 saturated carbocycles. The molecule has 2 aromatic carbocycles. The smallest absolute Gasteiger partial charge is 0.340 e. The van der Waals surface area contributed by atoms with Gasteiger partial charge in [-0.1, -0.05) is 35.9 Å². The van der Waals surface area contributed by atoms with Crippen LogP contribution in [-0.2, 0) is 10.1 Å². The molecule has 0 radical (unpaired) electrons. The molecule has 0 spiro atoms. The van der Waals surface area contributed by atoms with Crippen molar-refractivity contribution in [3.05, 3.63) is 71.4 Å². The van der Waals surface area contributed by atoms with E-state index in [0.717, 1.165) is 16.8 Å². The van der Waals surface area contributed by atoms with Crippen molar-refractivity contribution in [2.24, 2.45) is 0 Å². The van der Waals surface area contributed by atoms with E-state index in [1.807, 2.05) is 32.0 Å². The number of hydrogen-bond acceptors (Lipinski definition) is 4. The number of nitrogens with zero attached hydrogens (tertiary/aromatic N) is 2. The van der Waals surface area contributed by atoms with E-state index in [2.05, 4.69) is 5.10 Å². The third-order valence-electron chi connectivity index (χ3n) is 3.61. The summed E-state index contributed by atoms with van der Waals surface area (Å²) in [6.45, 7) is 5.75. The van der Waals surface area contributed by atoms with E-state index in [-0.39, 0.29) is 10.8 Å². The second-order valence-electron chi connectivity index (χ2n) is 5.68. The quantitative estimate of drug-likeness (QED) is 0.680. The zero-order chi connectivity index (χ0) is 17.3. The molecule has 0 unspecified atom stereocenters. The van der Waals surface area contributed by atoms with E-state index in [4.69, 9.17) is 4.18 Å². The normalized spacial score (nSPS) is 11.5. The van der Waals surface area contributed by atoms with Crippen molar-refractivity contribution in [2.45, 2.75) is 25.7 Å². The maximum Gasteiger partial charge on any atom is 0.340 e. The Bertz CT molecular complexity index is 977. The van der Waals surface area contributed by atoms with Crippen molar-refractivity contribution < 1.29 is 12.6 Å². The summed E-state index contributed by atoms with van der Waals surface area (Å²) in [6.07, 6.45) is 0. The predicted molar refractivity (Wildman–Crippen MR) is 92.0 cm³/mol. The zero-order valence-corrected chi connectivity index (χ0v) is 14.5. The predicted octanol–water partition coefficient (Wildman–Crippen LogP) is 3.57. The minimum Gasteiger partial charge on any atom is -0.358 e. The van der Waals surface area contributed by atoms with E-state index >= 15 is 0 Å². The maximum atomic E-state index is 12.5. The molecule has 0 fully saturated rings. The molecule has 0 amide bonds. The topological polar surface area (TPSA) is 61.2 Å². The van der Waals surface area contributed by atoms with Gasteiger partial charge < -0.3 is 4.18 Å². The molecule has 0 aliphatic rings. The van der Waals surface area contributed by atoms with Crippen molar-refractivity contribution in [1.82, 2.24) is 9.78 Å². The van der Waals surface area contributed by atoms with Crippen molar-refractivity contribution >= 4 is 10.1 Å². The SMILES string of the molecule is Cc1ccc(-n2nc(C)cc2OS(=O)(=O)c2ccccc2)c(C)c1. The van der Waals surface area contributed by atoms with E-state index < -0.39 is 10.1 Å². The lowest BCUT2D eigenvalue weighted by Crippen LogP contribution is -2.13. The summed E-state index contributed by atoms with van der Waals surface area (Å²) >= 11 is 0. The molecule has 0 aliphatic carbocycles. The number of benzene rings is 2. The number of aryl methyl sites for hydroxylation is 3. The first-order valence-corrected chi connectivity index (χ1v) is 8.91. The van der Waals surface area contributed by atoms with Crippen LogP contribution in [0.25, 0.3) is 5.69 Å². The van der Waals surface area contributed by atoms with Crippen molar-refractivity contribution in [2.75, 3.05) is 0 Å². The molecule has 0 bridgehead atoms. The molecular weight excluding hydrogens is 324 g/mol. The molecular formula is C18H18N2O3S. The first-order chi connectivity index (χ1) is 11.4. The largest absolute Gasteiger partial charge is 0.358 e. The van der Waals surface area contributed by atoms with Crippen LogP contribution < -0.4 is 4.18 Å². The van der Waals surface area contributed by atoms with Gasteiger partial charge in [-0.25, -0.2) is 0 Å². The van der Waals surface area contributed by atoms with Gasteiger partial charge in [-0.2, -0.15) is 18.2 Å². The minimum absolute atomic E-state index is 0.107. The Labute approximate surface area is 141 Å². The van der Waals surface area contributed by atoms with Crippen molar-refractivity contribution in [1.29, 1.82) is 0 Å². The van der Waals surface area contributed by atoms with Crippen molar-refractivity contribution in [3.8, 4) is 11.6 Å². The molecule has 1 heterocycles. The summed E-state index contributed by atoms with van der Waals surface area (Å²) in [7, 11) is -3.91. The molecule has 1 aromatic heterocycles. The van der Waals surface area contributed by atoms with Crippen LogP contribution in [-0.4, -0.2) is 18.2 Å². The Morgan fingerprint density at radius 3 is 2.33 bits per heavy atom. The monoisotopic (exact) mass is 342 g/mol. The molecule has 0 saturated heterocycles. The van der Waals surface area contributed by atoms with Crippen LogP contribution in [0.1, 0.15) is 16.8 Å². The average molecular weight is 342 g/mol. The number of hydrogen-bond donors (Lipinski definition) is 0. The van der Waals surface area contributed by atoms with Crippen LogP contribution >= 0.6 is 0 Å². The summed E-state index contributed by atoms with van der Waals surface area (Å²) < 4.78 is 31.8. The van der Waals surface area contributed by atoms with E-state index in [0.29, 0.717) is 5.69 Å². The minimum atomic E-state index is -3.91. The van der Waals surface area contributed by atoms with Gasteiger partial charge in [0.25, 0.3) is 0 Å². The van der Waals surface area contributed by atoms with Crippen LogP contribution in [0.5, 0.6) is 5.88 Å². The van der Waals surface area contributed by atoms with E-state index in [9.17, 15) is 8.42 Å². The van der Waals surface area contributed by atoms with Gasteiger partial charge >= 0.3 is 10.1 Å². The summed E-state index contributed by atoms with van der Waals surface area (Å²) in [5.41, 5.74) is 3.57. The Hall–Kier alpha value is -2.60. The first kappa shape index (κ1) is 16.3. The van der Waals surface area contributed by atoms with Gasteiger partial charge in [0.1, 0.15) is 4.90 Å². The molecule has 124 valence electrons. The molecule has 0 N–H and O–H groups in total. The average Bonchev–Trinajstić information content (AvgIpc) is 2.88. The fourth-order valence-electron chi connectivity index (χ4n) is 2.50. The van der Waals surface area contributed by atoms with Gasteiger partial charge in [-0.05, 0) is 44.5 Å². The number of rotatable bonds is 4. The lowest BCUT2D eigenvalue weighted by molar-refractivity contribution is 0.464. The van der Waals surface area contributed by atoms with Crippen LogP contribution in [0.3, 0.4) is 0 Å². The molecule has 24 heavy (non-hydrogen) atoms. The molecule has 0 atom stereocenters. The summed E-state index contributed by atoms with van der Waals surface area (Å²) in [4.78, 5) is 0.107. The fourth-order valence-corrected chi connectivity index (χ4v) is 3.43. The molecule has 0 aliphatic heterocycles. The van der Waals surface area contributed by atoms with E-state index in [1.165, 1.54) is 16.8 Å². The van der Waals surface area contributed by atoms with E-state index in [1.54, 1.807) is 31.2 Å². The summed E-state index contributed by atoms with van der Waals surface area (Å²) in [6, 6.07) is 15.5. The first-order valence-electron chi connectivity index (χ1n) is 7.51. The Kier molecular flexibility index (Phi) is 4.15. The van der Waals surface area contributed by atoms with Gasteiger partial charge in [0.05, 0.1) is 11.4 Å². The van der Waals surface area contributed by atoms with Gasteiger partial charge in [-0.3, -0.25) is 0 Å². The molecule has 3 aromatic rings. The Morgan fingerprint density at radius 2 is 1.67 bits per heavy atom. The number of aromatic nitrogens is 2. The zero-order valence-electron chi connectivity index (χ0n) is 13.7. The highest BCUT2D eigenvalue weighted by molar-refractivity contribution is 7.87. The summed E-state index contributed by atoms with van der Waals surface area (Å²) in [5, 5.41) is 4.38. The lowest BCUT2D eigenvalue weighted by Gasteiger charge is -2.11. The third-order valence-corrected chi connectivity index (χ3v) is 4.85. The van der Waals surface area contributed by atoms with Gasteiger partial charge in [0.15, 0.2) is 0 Å². The van der Waals surface area contributed by atoms with Crippen LogP contribution in [0, 0.1) is 20.8 Å². The third kappa shape index (κ3) is 3.19. The molecule has 3 rings (SSSR count). The Morgan fingerprint density at radius 1 is 0.958 bits per heavy atom. The van der Waals surface area contributed by atoms with Crippen LogP contribution in [0.15, 0.2) is 59.5 Å². The highest BCUT2D eigenvalue weighted by Gasteiger charge is 2.20. The highest BCUT2D eigenvalue weighted by Crippen LogP contribution is 2.25. The molecule has 6 heteroatoms. The second kappa shape index (κ2) is 6.13. The highest BCUT2D eigenvalue weighted by atomic mass is 32.2. The van der Waals surface area contributed by atoms with Crippen LogP contribution in [0.4, 0.5) is 0 Å². The van der Waals surface area contributed by atoms with Crippen LogP contribution in [0.2, 0.25) is 0 Å². The molecule has 5 nitrogen and oxygen atoms in total. The summed E-state index contributed by atoms with van der Waals surface area (Å²) in [5.74, 6) is 0.170.